The number of hydrogen-bond donors (Lipinski definition) is 2. The predicted molar refractivity (Wildman–Crippen MR) is 61.6 cm³/mol. The Hall–Kier alpha value is -0.120. The largest absolute Gasteiger partial charge is 0.396 e. The molecule has 0 aromatic rings. The highest BCUT2D eigenvalue weighted by atomic mass is 16.5. The predicted octanol–water partition coefficient (Wildman–Crippen LogP) is 1.54. The molecule has 3 atom stereocenters. The molecule has 1 aliphatic carbocycles. The van der Waals surface area contributed by atoms with Crippen LogP contribution in [0.1, 0.15) is 39.5 Å². The molecule has 3 N–H and O–H groups in total. The first kappa shape index (κ1) is 12.9. The molecular formula is C12H25NO2. The van der Waals surface area contributed by atoms with Crippen molar-refractivity contribution >= 4 is 0 Å². The van der Waals surface area contributed by atoms with Crippen molar-refractivity contribution in [1.82, 2.24) is 0 Å². The molecular weight excluding hydrogens is 190 g/mol. The van der Waals surface area contributed by atoms with Crippen LogP contribution in [0.5, 0.6) is 0 Å². The standard InChI is InChI=1S/C12H25NO2/c1-10-4-3-5-12(6-10,9-13)15-8-11(2)7-14/h10-11,14H,3-9,13H2,1-2H3. The van der Waals surface area contributed by atoms with Crippen molar-refractivity contribution in [2.45, 2.75) is 45.1 Å². The molecule has 90 valence electrons. The average molecular weight is 215 g/mol. The van der Waals surface area contributed by atoms with Crippen molar-refractivity contribution in [3.05, 3.63) is 0 Å². The van der Waals surface area contributed by atoms with E-state index < -0.39 is 0 Å². The maximum Gasteiger partial charge on any atom is 0.0806 e. The summed E-state index contributed by atoms with van der Waals surface area (Å²) in [5.41, 5.74) is 5.73. The lowest BCUT2D eigenvalue weighted by atomic mass is 9.78. The van der Waals surface area contributed by atoms with Crippen LogP contribution >= 0.6 is 0 Å². The zero-order chi connectivity index (χ0) is 11.3. The van der Waals surface area contributed by atoms with Gasteiger partial charge in [-0.1, -0.05) is 26.7 Å². The van der Waals surface area contributed by atoms with Crippen molar-refractivity contribution in [3.63, 3.8) is 0 Å². The first-order valence-electron chi connectivity index (χ1n) is 6.07. The van der Waals surface area contributed by atoms with Crippen molar-refractivity contribution in [2.75, 3.05) is 19.8 Å². The summed E-state index contributed by atoms with van der Waals surface area (Å²) in [6.07, 6.45) is 4.65. The molecule has 3 unspecified atom stereocenters. The molecule has 0 aromatic heterocycles. The van der Waals surface area contributed by atoms with Crippen LogP contribution in [0.4, 0.5) is 0 Å². The van der Waals surface area contributed by atoms with Crippen LogP contribution < -0.4 is 5.73 Å². The second-order valence-electron chi connectivity index (χ2n) is 5.19. The third kappa shape index (κ3) is 3.74. The molecule has 0 aromatic carbocycles. The summed E-state index contributed by atoms with van der Waals surface area (Å²) >= 11 is 0. The molecule has 1 rings (SSSR count). The van der Waals surface area contributed by atoms with E-state index >= 15 is 0 Å². The van der Waals surface area contributed by atoms with Gasteiger partial charge in [0, 0.05) is 19.1 Å². The highest BCUT2D eigenvalue weighted by Crippen LogP contribution is 2.34. The van der Waals surface area contributed by atoms with Gasteiger partial charge in [-0.05, 0) is 18.8 Å². The molecule has 1 fully saturated rings. The van der Waals surface area contributed by atoms with Crippen LogP contribution in [0.2, 0.25) is 0 Å². The van der Waals surface area contributed by atoms with Crippen LogP contribution in [0, 0.1) is 11.8 Å². The van der Waals surface area contributed by atoms with Crippen LogP contribution in [0.15, 0.2) is 0 Å². The summed E-state index contributed by atoms with van der Waals surface area (Å²) in [6, 6.07) is 0. The van der Waals surface area contributed by atoms with E-state index in [1.165, 1.54) is 12.8 Å². The Labute approximate surface area is 93.0 Å². The highest BCUT2D eigenvalue weighted by Gasteiger charge is 2.34. The number of aliphatic hydroxyl groups is 1. The average Bonchev–Trinajstić information content (AvgIpc) is 2.26. The van der Waals surface area contributed by atoms with E-state index in [0.717, 1.165) is 12.8 Å². The van der Waals surface area contributed by atoms with Gasteiger partial charge < -0.3 is 15.6 Å². The normalized spacial score (nSPS) is 34.0. The molecule has 0 heterocycles. The topological polar surface area (TPSA) is 55.5 Å². The Bertz CT molecular complexity index is 186. The van der Waals surface area contributed by atoms with Crippen molar-refractivity contribution in [1.29, 1.82) is 0 Å². The molecule has 0 bridgehead atoms. The molecule has 0 radical (unpaired) electrons. The minimum Gasteiger partial charge on any atom is -0.396 e. The zero-order valence-corrected chi connectivity index (χ0v) is 10.0. The fourth-order valence-corrected chi connectivity index (χ4v) is 2.36. The molecule has 0 saturated heterocycles. The Morgan fingerprint density at radius 1 is 1.60 bits per heavy atom. The van der Waals surface area contributed by atoms with E-state index in [0.29, 0.717) is 19.1 Å². The van der Waals surface area contributed by atoms with Crippen molar-refractivity contribution in [3.8, 4) is 0 Å². The van der Waals surface area contributed by atoms with Crippen LogP contribution in [-0.2, 0) is 4.74 Å². The van der Waals surface area contributed by atoms with Gasteiger partial charge in [0.25, 0.3) is 0 Å². The molecule has 0 spiro atoms. The summed E-state index contributed by atoms with van der Waals surface area (Å²) in [5.74, 6) is 0.928. The van der Waals surface area contributed by atoms with E-state index in [-0.39, 0.29) is 18.1 Å². The summed E-state index contributed by atoms with van der Waals surface area (Å²) in [7, 11) is 0. The van der Waals surface area contributed by atoms with Gasteiger partial charge in [-0.2, -0.15) is 0 Å². The number of nitrogens with two attached hydrogens (primary N) is 1. The minimum atomic E-state index is -0.110. The SMILES string of the molecule is CC(CO)COC1(CN)CCCC(C)C1. The van der Waals surface area contributed by atoms with Crippen LogP contribution in [-0.4, -0.2) is 30.5 Å². The second-order valence-corrected chi connectivity index (χ2v) is 5.19. The third-order valence-corrected chi connectivity index (χ3v) is 3.41. The lowest BCUT2D eigenvalue weighted by Gasteiger charge is -2.39. The quantitative estimate of drug-likeness (QED) is 0.731. The van der Waals surface area contributed by atoms with Crippen molar-refractivity contribution in [2.24, 2.45) is 17.6 Å². The first-order valence-corrected chi connectivity index (χ1v) is 6.07. The lowest BCUT2D eigenvalue weighted by Crippen LogP contribution is -2.45. The van der Waals surface area contributed by atoms with E-state index in [4.69, 9.17) is 15.6 Å². The van der Waals surface area contributed by atoms with Crippen LogP contribution in [0.25, 0.3) is 0 Å². The summed E-state index contributed by atoms with van der Waals surface area (Å²) in [5, 5.41) is 8.96. The number of ether oxygens (including phenoxy) is 1. The fourth-order valence-electron chi connectivity index (χ4n) is 2.36. The van der Waals surface area contributed by atoms with Gasteiger partial charge in [0.15, 0.2) is 0 Å². The molecule has 3 nitrogen and oxygen atoms in total. The number of hydrogen-bond acceptors (Lipinski definition) is 3. The first-order chi connectivity index (χ1) is 7.12. The van der Waals surface area contributed by atoms with Gasteiger partial charge in [-0.15, -0.1) is 0 Å². The Morgan fingerprint density at radius 3 is 2.87 bits per heavy atom. The molecule has 0 aliphatic heterocycles. The van der Waals surface area contributed by atoms with Crippen molar-refractivity contribution < 1.29 is 9.84 Å². The summed E-state index contributed by atoms with van der Waals surface area (Å²) in [6.45, 7) is 5.69. The van der Waals surface area contributed by atoms with E-state index in [2.05, 4.69) is 6.92 Å². The summed E-state index contributed by atoms with van der Waals surface area (Å²) in [4.78, 5) is 0. The Morgan fingerprint density at radius 2 is 2.33 bits per heavy atom. The maximum atomic E-state index is 8.96. The molecule has 0 amide bonds. The smallest absolute Gasteiger partial charge is 0.0806 e. The molecule has 3 heteroatoms. The second kappa shape index (κ2) is 5.83. The van der Waals surface area contributed by atoms with Gasteiger partial charge in [-0.25, -0.2) is 0 Å². The zero-order valence-electron chi connectivity index (χ0n) is 10.0. The molecule has 1 saturated carbocycles. The molecule has 1 aliphatic rings. The number of rotatable bonds is 5. The Balaban J connectivity index is 2.44. The van der Waals surface area contributed by atoms with E-state index in [1.54, 1.807) is 0 Å². The lowest BCUT2D eigenvalue weighted by molar-refractivity contribution is -0.0891. The van der Waals surface area contributed by atoms with Gasteiger partial charge >= 0.3 is 0 Å². The highest BCUT2D eigenvalue weighted by molar-refractivity contribution is 4.88. The monoisotopic (exact) mass is 215 g/mol. The fraction of sp³-hybridized carbons (Fsp3) is 1.00. The van der Waals surface area contributed by atoms with Gasteiger partial charge in [0.05, 0.1) is 12.2 Å². The maximum absolute atomic E-state index is 8.96. The number of aliphatic hydroxyl groups excluding tert-OH is 1. The van der Waals surface area contributed by atoms with Gasteiger partial charge in [0.2, 0.25) is 0 Å². The Kier molecular flexibility index (Phi) is 5.03. The van der Waals surface area contributed by atoms with Gasteiger partial charge in [-0.3, -0.25) is 0 Å². The molecule has 15 heavy (non-hydrogen) atoms. The van der Waals surface area contributed by atoms with E-state index in [1.807, 2.05) is 6.92 Å². The van der Waals surface area contributed by atoms with Crippen LogP contribution in [0.3, 0.4) is 0 Å². The van der Waals surface area contributed by atoms with Gasteiger partial charge in [0.1, 0.15) is 0 Å². The third-order valence-electron chi connectivity index (χ3n) is 3.41. The minimum absolute atomic E-state index is 0.110. The van der Waals surface area contributed by atoms with E-state index in [9.17, 15) is 0 Å². The summed E-state index contributed by atoms with van der Waals surface area (Å²) < 4.78 is 5.96.